The number of anilines is 1. The average molecular weight is 442 g/mol. The highest BCUT2D eigenvalue weighted by Gasteiger charge is 2.36. The Kier molecular flexibility index (Phi) is 7.25. The van der Waals surface area contributed by atoms with Crippen molar-refractivity contribution >= 4 is 11.8 Å². The number of methoxy groups -OCH3 is 1. The molecule has 0 radical (unpaired) electrons. The van der Waals surface area contributed by atoms with E-state index in [9.17, 15) is 14.3 Å². The molecule has 1 aromatic heterocycles. The Morgan fingerprint density at radius 1 is 1.34 bits per heavy atom. The Morgan fingerprint density at radius 2 is 2.19 bits per heavy atom. The third kappa shape index (κ3) is 5.38. The first kappa shape index (κ1) is 22.5. The number of hydrogen-bond donors (Lipinski definition) is 3. The number of hydrogen-bond acceptors (Lipinski definition) is 5. The summed E-state index contributed by atoms with van der Waals surface area (Å²) in [4.78, 5) is 16.2. The summed E-state index contributed by atoms with van der Waals surface area (Å²) in [7, 11) is 1.42. The number of halogens is 1. The predicted molar refractivity (Wildman–Crippen MR) is 122 cm³/mol. The first-order valence-electron chi connectivity index (χ1n) is 11.5. The normalized spacial score (nSPS) is 20.6. The molecule has 0 saturated heterocycles. The van der Waals surface area contributed by atoms with E-state index >= 15 is 0 Å². The molecule has 32 heavy (non-hydrogen) atoms. The molecule has 1 saturated carbocycles. The Bertz CT molecular complexity index is 946. The monoisotopic (exact) mass is 441 g/mol. The van der Waals surface area contributed by atoms with Gasteiger partial charge >= 0.3 is 5.97 Å². The zero-order valence-corrected chi connectivity index (χ0v) is 18.6. The first-order chi connectivity index (χ1) is 15.5. The van der Waals surface area contributed by atoms with Crippen LogP contribution in [0.3, 0.4) is 0 Å². The number of aromatic nitrogens is 1. The summed E-state index contributed by atoms with van der Waals surface area (Å²) >= 11 is 0. The number of ether oxygens (including phenoxy) is 1. The molecule has 0 spiro atoms. The Labute approximate surface area is 188 Å². The summed E-state index contributed by atoms with van der Waals surface area (Å²) in [6.07, 6.45) is 6.05. The SMILES string of the molecule is COc1ccc(C(CC(=O)O)C2CC(NCCCc3ccc4c(n3)NCCC4)C2)cc1F. The second kappa shape index (κ2) is 10.3. The van der Waals surface area contributed by atoms with E-state index in [2.05, 4.69) is 22.8 Å². The molecular formula is C25H32FN3O3. The molecule has 7 heteroatoms. The van der Waals surface area contributed by atoms with Gasteiger partial charge in [-0.1, -0.05) is 12.1 Å². The van der Waals surface area contributed by atoms with Crippen molar-refractivity contribution < 1.29 is 19.0 Å². The molecule has 6 nitrogen and oxygen atoms in total. The number of nitrogens with one attached hydrogen (secondary N) is 2. The third-order valence-corrected chi connectivity index (χ3v) is 6.74. The molecule has 1 aliphatic heterocycles. The van der Waals surface area contributed by atoms with Crippen LogP contribution in [0.15, 0.2) is 30.3 Å². The summed E-state index contributed by atoms with van der Waals surface area (Å²) < 4.78 is 19.1. The Morgan fingerprint density at radius 3 is 2.94 bits per heavy atom. The van der Waals surface area contributed by atoms with E-state index in [0.717, 1.165) is 62.3 Å². The van der Waals surface area contributed by atoms with Gasteiger partial charge in [0.05, 0.1) is 13.5 Å². The van der Waals surface area contributed by atoms with Gasteiger partial charge in [-0.25, -0.2) is 9.37 Å². The van der Waals surface area contributed by atoms with Crippen molar-refractivity contribution in [3.63, 3.8) is 0 Å². The second-order valence-electron chi connectivity index (χ2n) is 8.93. The number of aryl methyl sites for hydroxylation is 2. The molecule has 1 aliphatic carbocycles. The van der Waals surface area contributed by atoms with Gasteiger partial charge in [-0.15, -0.1) is 0 Å². The zero-order chi connectivity index (χ0) is 22.5. The minimum absolute atomic E-state index is 0.0151. The lowest BCUT2D eigenvalue weighted by molar-refractivity contribution is -0.138. The third-order valence-electron chi connectivity index (χ3n) is 6.74. The molecule has 4 rings (SSSR count). The highest BCUT2D eigenvalue weighted by molar-refractivity contribution is 5.68. The van der Waals surface area contributed by atoms with E-state index in [4.69, 9.17) is 9.72 Å². The number of carboxylic acid groups (broad SMARTS) is 1. The maximum absolute atomic E-state index is 14.2. The highest BCUT2D eigenvalue weighted by atomic mass is 19.1. The molecule has 0 bridgehead atoms. The summed E-state index contributed by atoms with van der Waals surface area (Å²) in [6, 6.07) is 9.51. The van der Waals surface area contributed by atoms with Crippen molar-refractivity contribution in [2.75, 3.05) is 25.5 Å². The van der Waals surface area contributed by atoms with E-state index in [1.54, 1.807) is 12.1 Å². The number of rotatable bonds is 10. The van der Waals surface area contributed by atoms with Crippen molar-refractivity contribution in [1.82, 2.24) is 10.3 Å². The van der Waals surface area contributed by atoms with Crippen LogP contribution in [0, 0.1) is 11.7 Å². The van der Waals surface area contributed by atoms with Crippen LogP contribution >= 0.6 is 0 Å². The van der Waals surface area contributed by atoms with Crippen LogP contribution in [-0.2, 0) is 17.6 Å². The molecule has 2 aliphatic rings. The van der Waals surface area contributed by atoms with Crippen LogP contribution in [0.5, 0.6) is 5.75 Å². The van der Waals surface area contributed by atoms with E-state index in [1.807, 2.05) is 0 Å². The van der Waals surface area contributed by atoms with Crippen LogP contribution in [0.2, 0.25) is 0 Å². The Hall–Kier alpha value is -2.67. The van der Waals surface area contributed by atoms with Crippen molar-refractivity contribution in [3.05, 3.63) is 53.0 Å². The molecular weight excluding hydrogens is 409 g/mol. The minimum Gasteiger partial charge on any atom is -0.494 e. The highest BCUT2D eigenvalue weighted by Crippen LogP contribution is 2.42. The van der Waals surface area contributed by atoms with Crippen LogP contribution in [-0.4, -0.2) is 42.3 Å². The Balaban J connectivity index is 1.24. The lowest BCUT2D eigenvalue weighted by Gasteiger charge is -2.41. The number of nitrogens with zero attached hydrogens (tertiary/aromatic N) is 1. The quantitative estimate of drug-likeness (QED) is 0.481. The number of pyridine rings is 1. The average Bonchev–Trinajstić information content (AvgIpc) is 2.76. The van der Waals surface area contributed by atoms with E-state index in [1.165, 1.54) is 25.2 Å². The van der Waals surface area contributed by atoms with Crippen molar-refractivity contribution in [3.8, 4) is 5.75 Å². The largest absolute Gasteiger partial charge is 0.494 e. The van der Waals surface area contributed by atoms with Crippen LogP contribution in [0.1, 0.15) is 54.8 Å². The second-order valence-corrected chi connectivity index (χ2v) is 8.93. The summed E-state index contributed by atoms with van der Waals surface area (Å²) in [6.45, 7) is 1.91. The van der Waals surface area contributed by atoms with Gasteiger partial charge in [0.2, 0.25) is 0 Å². The van der Waals surface area contributed by atoms with E-state index in [0.29, 0.717) is 6.04 Å². The van der Waals surface area contributed by atoms with Gasteiger partial charge in [-0.05, 0) is 86.2 Å². The lowest BCUT2D eigenvalue weighted by atomic mass is 9.69. The van der Waals surface area contributed by atoms with Crippen LogP contribution < -0.4 is 15.4 Å². The molecule has 3 N–H and O–H groups in total. The predicted octanol–water partition coefficient (Wildman–Crippen LogP) is 4.15. The topological polar surface area (TPSA) is 83.5 Å². The maximum atomic E-state index is 14.2. The van der Waals surface area contributed by atoms with Gasteiger partial charge in [-0.2, -0.15) is 0 Å². The van der Waals surface area contributed by atoms with Crippen molar-refractivity contribution in [1.29, 1.82) is 0 Å². The molecule has 1 aromatic carbocycles. The van der Waals surface area contributed by atoms with Crippen molar-refractivity contribution in [2.45, 2.75) is 56.9 Å². The number of carboxylic acids is 1. The fourth-order valence-corrected chi connectivity index (χ4v) is 4.90. The van der Waals surface area contributed by atoms with Gasteiger partial charge < -0.3 is 20.5 Å². The van der Waals surface area contributed by atoms with Crippen LogP contribution in [0.4, 0.5) is 10.2 Å². The fourth-order valence-electron chi connectivity index (χ4n) is 4.90. The van der Waals surface area contributed by atoms with Crippen LogP contribution in [0.25, 0.3) is 0 Å². The maximum Gasteiger partial charge on any atom is 0.303 e. The lowest BCUT2D eigenvalue weighted by Crippen LogP contribution is -2.44. The standard InChI is InChI=1S/C25H32FN3O3/c1-32-23-9-7-17(14-22(23)26)21(15-24(30)31)18-12-20(13-18)27-10-3-5-19-8-6-16-4-2-11-28-25(16)29-19/h6-9,14,18,20-21,27H,2-5,10-13,15H2,1H3,(H,28,29)(H,30,31). The summed E-state index contributed by atoms with van der Waals surface area (Å²) in [5.41, 5.74) is 3.17. The van der Waals surface area contributed by atoms with Gasteiger partial charge in [0.1, 0.15) is 5.82 Å². The zero-order valence-electron chi connectivity index (χ0n) is 18.6. The van der Waals surface area contributed by atoms with Gasteiger partial charge in [0.25, 0.3) is 0 Å². The molecule has 0 amide bonds. The van der Waals surface area contributed by atoms with Gasteiger partial charge in [-0.3, -0.25) is 4.79 Å². The number of carbonyl (C=O) groups is 1. The molecule has 1 fully saturated rings. The summed E-state index contributed by atoms with van der Waals surface area (Å²) in [5.74, 6) is -0.0128. The number of aliphatic carboxylic acids is 1. The number of benzene rings is 1. The van der Waals surface area contributed by atoms with Crippen molar-refractivity contribution in [2.24, 2.45) is 5.92 Å². The number of fused-ring (bicyclic) bond motifs is 1. The first-order valence-corrected chi connectivity index (χ1v) is 11.5. The van der Waals surface area contributed by atoms with E-state index < -0.39 is 11.8 Å². The molecule has 1 atom stereocenters. The molecule has 1 unspecified atom stereocenters. The van der Waals surface area contributed by atoms with Gasteiger partial charge in [0.15, 0.2) is 11.6 Å². The molecule has 2 heterocycles. The smallest absolute Gasteiger partial charge is 0.303 e. The molecule has 2 aromatic rings. The van der Waals surface area contributed by atoms with Gasteiger partial charge in [0, 0.05) is 18.3 Å². The fraction of sp³-hybridized carbons (Fsp3) is 0.520. The summed E-state index contributed by atoms with van der Waals surface area (Å²) in [5, 5.41) is 16.3. The molecule has 172 valence electrons. The minimum atomic E-state index is -0.852. The van der Waals surface area contributed by atoms with E-state index in [-0.39, 0.29) is 24.0 Å².